The molecular formula is C9H10INS. The van der Waals surface area contributed by atoms with Gasteiger partial charge in [-0.2, -0.15) is 0 Å². The van der Waals surface area contributed by atoms with Gasteiger partial charge in [-0.15, -0.1) is 11.8 Å². The third-order valence-corrected chi connectivity index (χ3v) is 4.12. The number of hydrogen-bond acceptors (Lipinski definition) is 2. The first kappa shape index (κ1) is 8.84. The van der Waals surface area contributed by atoms with Gasteiger partial charge < -0.3 is 5.73 Å². The van der Waals surface area contributed by atoms with Gasteiger partial charge in [0.15, 0.2) is 0 Å². The molecule has 1 aliphatic heterocycles. The van der Waals surface area contributed by atoms with Crippen LogP contribution >= 0.6 is 34.4 Å². The summed E-state index contributed by atoms with van der Waals surface area (Å²) in [5.41, 5.74) is 7.38. The van der Waals surface area contributed by atoms with Gasteiger partial charge in [0.25, 0.3) is 0 Å². The molecule has 1 aliphatic rings. The monoisotopic (exact) mass is 291 g/mol. The van der Waals surface area contributed by atoms with Gasteiger partial charge in [0.2, 0.25) is 0 Å². The lowest BCUT2D eigenvalue weighted by molar-refractivity contribution is 0.676. The van der Waals surface area contributed by atoms with Crippen LogP contribution in [-0.4, -0.2) is 5.75 Å². The fraction of sp³-hybridized carbons (Fsp3) is 0.333. The standard InChI is InChI=1S/C9H10INS/c10-6-2-1-3-8-9(6)7(11)4-5-12-8/h1-3,7H,4-5,11H2/t7-/m0/s1. The minimum absolute atomic E-state index is 0.259. The lowest BCUT2D eigenvalue weighted by Crippen LogP contribution is -2.17. The molecule has 0 aromatic heterocycles. The van der Waals surface area contributed by atoms with Gasteiger partial charge in [-0.05, 0) is 52.5 Å². The minimum Gasteiger partial charge on any atom is -0.324 e. The van der Waals surface area contributed by atoms with Crippen LogP contribution in [-0.2, 0) is 0 Å². The van der Waals surface area contributed by atoms with Crippen molar-refractivity contribution in [2.24, 2.45) is 5.73 Å². The van der Waals surface area contributed by atoms with Crippen molar-refractivity contribution in [3.05, 3.63) is 27.3 Å². The molecule has 3 heteroatoms. The normalized spacial score (nSPS) is 22.0. The molecule has 1 atom stereocenters. The Balaban J connectivity index is 2.53. The minimum atomic E-state index is 0.259. The number of rotatable bonds is 0. The Morgan fingerprint density at radius 3 is 3.08 bits per heavy atom. The molecule has 64 valence electrons. The maximum atomic E-state index is 6.03. The van der Waals surface area contributed by atoms with Gasteiger partial charge in [-0.3, -0.25) is 0 Å². The van der Waals surface area contributed by atoms with Gasteiger partial charge in [0, 0.05) is 14.5 Å². The van der Waals surface area contributed by atoms with E-state index in [1.165, 1.54) is 14.0 Å². The summed E-state index contributed by atoms with van der Waals surface area (Å²) in [5, 5.41) is 0. The zero-order valence-electron chi connectivity index (χ0n) is 6.59. The van der Waals surface area contributed by atoms with E-state index in [2.05, 4.69) is 40.8 Å². The van der Waals surface area contributed by atoms with Gasteiger partial charge in [0.05, 0.1) is 0 Å². The zero-order chi connectivity index (χ0) is 8.55. The predicted octanol–water partition coefficient (Wildman–Crippen LogP) is 2.79. The van der Waals surface area contributed by atoms with Gasteiger partial charge >= 0.3 is 0 Å². The Kier molecular flexibility index (Phi) is 2.62. The van der Waals surface area contributed by atoms with E-state index in [-0.39, 0.29) is 6.04 Å². The second-order valence-electron chi connectivity index (χ2n) is 2.90. The second kappa shape index (κ2) is 3.55. The average molecular weight is 291 g/mol. The summed E-state index contributed by atoms with van der Waals surface area (Å²) in [5.74, 6) is 1.16. The Bertz CT molecular complexity index is 301. The molecule has 0 bridgehead atoms. The topological polar surface area (TPSA) is 26.0 Å². The lowest BCUT2D eigenvalue weighted by atomic mass is 10.1. The van der Waals surface area contributed by atoms with Crippen LogP contribution in [0.5, 0.6) is 0 Å². The molecule has 0 saturated carbocycles. The van der Waals surface area contributed by atoms with Crippen molar-refractivity contribution in [1.29, 1.82) is 0 Å². The summed E-state index contributed by atoms with van der Waals surface area (Å²) in [6.45, 7) is 0. The van der Waals surface area contributed by atoms with E-state index in [0.717, 1.165) is 12.2 Å². The fourth-order valence-electron chi connectivity index (χ4n) is 1.44. The molecule has 1 aromatic rings. The van der Waals surface area contributed by atoms with E-state index in [1.807, 2.05) is 11.8 Å². The molecule has 2 rings (SSSR count). The van der Waals surface area contributed by atoms with E-state index in [9.17, 15) is 0 Å². The van der Waals surface area contributed by atoms with E-state index in [1.54, 1.807) is 0 Å². The molecule has 0 spiro atoms. The Morgan fingerprint density at radius 1 is 1.50 bits per heavy atom. The molecule has 1 heterocycles. The summed E-state index contributed by atoms with van der Waals surface area (Å²) >= 11 is 4.29. The van der Waals surface area contributed by atoms with Crippen molar-refractivity contribution in [3.8, 4) is 0 Å². The van der Waals surface area contributed by atoms with E-state index in [4.69, 9.17) is 5.73 Å². The lowest BCUT2D eigenvalue weighted by Gasteiger charge is -2.22. The van der Waals surface area contributed by atoms with Crippen molar-refractivity contribution in [2.75, 3.05) is 5.75 Å². The smallest absolute Gasteiger partial charge is 0.0324 e. The van der Waals surface area contributed by atoms with Crippen LogP contribution < -0.4 is 5.73 Å². The van der Waals surface area contributed by atoms with Crippen molar-refractivity contribution >= 4 is 34.4 Å². The summed E-state index contributed by atoms with van der Waals surface area (Å²) in [7, 11) is 0. The van der Waals surface area contributed by atoms with E-state index >= 15 is 0 Å². The summed E-state index contributed by atoms with van der Waals surface area (Å²) < 4.78 is 1.31. The quantitative estimate of drug-likeness (QED) is 0.744. The second-order valence-corrected chi connectivity index (χ2v) is 5.19. The van der Waals surface area contributed by atoms with Gasteiger partial charge in [-0.25, -0.2) is 0 Å². The molecule has 0 amide bonds. The summed E-state index contributed by atoms with van der Waals surface area (Å²) in [4.78, 5) is 1.38. The van der Waals surface area contributed by atoms with Crippen LogP contribution in [0.1, 0.15) is 18.0 Å². The molecule has 0 saturated heterocycles. The van der Waals surface area contributed by atoms with E-state index < -0.39 is 0 Å². The Hall–Kier alpha value is 0.260. The van der Waals surface area contributed by atoms with Gasteiger partial charge in [0.1, 0.15) is 0 Å². The molecular weight excluding hydrogens is 281 g/mol. The first-order chi connectivity index (χ1) is 5.79. The molecule has 1 aromatic carbocycles. The number of thioether (sulfide) groups is 1. The largest absolute Gasteiger partial charge is 0.324 e. The predicted molar refractivity (Wildman–Crippen MR) is 61.4 cm³/mol. The molecule has 1 nitrogen and oxygen atoms in total. The number of benzene rings is 1. The number of hydrogen-bond donors (Lipinski definition) is 1. The molecule has 0 radical (unpaired) electrons. The van der Waals surface area contributed by atoms with Crippen molar-refractivity contribution < 1.29 is 0 Å². The number of fused-ring (bicyclic) bond motifs is 1. The SMILES string of the molecule is N[C@H]1CCSc2cccc(I)c21. The highest BCUT2D eigenvalue weighted by atomic mass is 127. The maximum Gasteiger partial charge on any atom is 0.0324 e. The van der Waals surface area contributed by atoms with Crippen LogP contribution in [0.2, 0.25) is 0 Å². The van der Waals surface area contributed by atoms with Crippen LogP contribution in [0.25, 0.3) is 0 Å². The number of nitrogens with two attached hydrogens (primary N) is 1. The average Bonchev–Trinajstić information content (AvgIpc) is 2.04. The molecule has 0 aliphatic carbocycles. The Morgan fingerprint density at radius 2 is 2.33 bits per heavy atom. The van der Waals surface area contributed by atoms with Crippen molar-refractivity contribution in [2.45, 2.75) is 17.4 Å². The zero-order valence-corrected chi connectivity index (χ0v) is 9.56. The molecule has 12 heavy (non-hydrogen) atoms. The molecule has 2 N–H and O–H groups in total. The van der Waals surface area contributed by atoms with Crippen LogP contribution in [0.15, 0.2) is 23.1 Å². The highest BCUT2D eigenvalue weighted by Gasteiger charge is 2.18. The third-order valence-electron chi connectivity index (χ3n) is 2.07. The van der Waals surface area contributed by atoms with Gasteiger partial charge in [-0.1, -0.05) is 6.07 Å². The van der Waals surface area contributed by atoms with Crippen LogP contribution in [0.4, 0.5) is 0 Å². The summed E-state index contributed by atoms with van der Waals surface area (Å²) in [6.07, 6.45) is 1.11. The highest BCUT2D eigenvalue weighted by Crippen LogP contribution is 2.37. The highest BCUT2D eigenvalue weighted by molar-refractivity contribution is 14.1. The van der Waals surface area contributed by atoms with Crippen molar-refractivity contribution in [3.63, 3.8) is 0 Å². The van der Waals surface area contributed by atoms with Crippen LogP contribution in [0.3, 0.4) is 0 Å². The fourth-order valence-corrected chi connectivity index (χ4v) is 3.71. The van der Waals surface area contributed by atoms with Crippen LogP contribution in [0, 0.1) is 3.57 Å². The molecule has 0 fully saturated rings. The summed E-state index contributed by atoms with van der Waals surface area (Å²) in [6, 6.07) is 6.66. The molecule has 0 unspecified atom stereocenters. The third kappa shape index (κ3) is 1.49. The van der Waals surface area contributed by atoms with E-state index in [0.29, 0.717) is 0 Å². The maximum absolute atomic E-state index is 6.03. The first-order valence-corrected chi connectivity index (χ1v) is 6.02. The Labute approximate surface area is 90.2 Å². The number of halogens is 1. The first-order valence-electron chi connectivity index (χ1n) is 3.96. The van der Waals surface area contributed by atoms with Crippen molar-refractivity contribution in [1.82, 2.24) is 0 Å².